The summed E-state index contributed by atoms with van der Waals surface area (Å²) in [6.45, 7) is 7.92. The first kappa shape index (κ1) is 20.8. The first-order valence-electron chi connectivity index (χ1n) is 9.18. The third-order valence-corrected chi connectivity index (χ3v) is 7.45. The number of aromatic hydroxyl groups is 2. The zero-order valence-electron chi connectivity index (χ0n) is 16.0. The number of halogens is 2. The van der Waals surface area contributed by atoms with Crippen molar-refractivity contribution in [3.8, 4) is 23.2 Å². The minimum absolute atomic E-state index is 0.00351. The number of ether oxygens (including phenoxy) is 1. The molecule has 2 atom stereocenters. The highest BCUT2D eigenvalue weighted by atomic mass is 35.5. The molecule has 1 aromatic heterocycles. The lowest BCUT2D eigenvalue weighted by Crippen LogP contribution is -2.14. The van der Waals surface area contributed by atoms with E-state index in [-0.39, 0.29) is 28.3 Å². The van der Waals surface area contributed by atoms with Crippen LogP contribution in [-0.4, -0.2) is 33.5 Å². The van der Waals surface area contributed by atoms with Crippen LogP contribution in [0.3, 0.4) is 0 Å². The average molecular weight is 424 g/mol. The van der Waals surface area contributed by atoms with Crippen LogP contribution in [0.1, 0.15) is 30.9 Å². The maximum Gasteiger partial charge on any atom is 0.206 e. The standard InChI is InChI=1S/C21H24ClFNO3P/c1-4-10-28(3)19(5-2)27-18-12-17(16(23)11-15(18)22)24-20(25)13-8-6-7-9-14(13)21(24)26/h4,6,8,11-12,19,25-26H,1,5,7,9-10H2,2-3H3. The second kappa shape index (κ2) is 8.59. The Morgan fingerprint density at radius 2 is 2.14 bits per heavy atom. The molecule has 2 unspecified atom stereocenters. The Bertz CT molecular complexity index is 925. The van der Waals surface area contributed by atoms with Gasteiger partial charge in [0.15, 0.2) is 0 Å². The molecule has 1 aromatic carbocycles. The molecule has 4 nitrogen and oxygen atoms in total. The molecule has 1 aliphatic carbocycles. The Hall–Kier alpha value is -1.97. The van der Waals surface area contributed by atoms with E-state index < -0.39 is 13.7 Å². The van der Waals surface area contributed by atoms with Gasteiger partial charge >= 0.3 is 0 Å². The van der Waals surface area contributed by atoms with E-state index >= 15 is 0 Å². The zero-order valence-corrected chi connectivity index (χ0v) is 17.6. The van der Waals surface area contributed by atoms with Crippen molar-refractivity contribution < 1.29 is 19.3 Å². The van der Waals surface area contributed by atoms with Crippen molar-refractivity contribution in [1.82, 2.24) is 4.57 Å². The summed E-state index contributed by atoms with van der Waals surface area (Å²) in [7, 11) is -0.470. The van der Waals surface area contributed by atoms with Gasteiger partial charge in [-0.25, -0.2) is 8.96 Å². The van der Waals surface area contributed by atoms with Crippen molar-refractivity contribution in [3.05, 3.63) is 52.8 Å². The summed E-state index contributed by atoms with van der Waals surface area (Å²) in [6, 6.07) is 2.59. The van der Waals surface area contributed by atoms with Gasteiger partial charge in [-0.3, -0.25) is 0 Å². The summed E-state index contributed by atoms with van der Waals surface area (Å²) in [5.74, 6) is -0.763. The highest BCUT2D eigenvalue weighted by Crippen LogP contribution is 2.44. The second-order valence-corrected chi connectivity index (χ2v) is 9.62. The van der Waals surface area contributed by atoms with Crippen molar-refractivity contribution in [2.45, 2.75) is 32.0 Å². The van der Waals surface area contributed by atoms with Gasteiger partial charge in [0.25, 0.3) is 0 Å². The highest BCUT2D eigenvalue weighted by molar-refractivity contribution is 7.57. The summed E-state index contributed by atoms with van der Waals surface area (Å²) >= 11 is 6.23. The van der Waals surface area contributed by atoms with Crippen LogP contribution in [0.4, 0.5) is 4.39 Å². The molecule has 1 aliphatic rings. The van der Waals surface area contributed by atoms with E-state index in [2.05, 4.69) is 13.2 Å². The Morgan fingerprint density at radius 1 is 1.39 bits per heavy atom. The van der Waals surface area contributed by atoms with E-state index in [1.807, 2.05) is 19.1 Å². The maximum atomic E-state index is 14.7. The monoisotopic (exact) mass is 423 g/mol. The molecule has 2 N–H and O–H groups in total. The summed E-state index contributed by atoms with van der Waals surface area (Å²) in [4.78, 5) is 0. The fourth-order valence-electron chi connectivity index (χ4n) is 3.42. The van der Waals surface area contributed by atoms with Crippen LogP contribution in [0.15, 0.2) is 30.9 Å². The van der Waals surface area contributed by atoms with Crippen LogP contribution in [0, 0.1) is 5.82 Å². The van der Waals surface area contributed by atoms with Crippen molar-refractivity contribution in [2.24, 2.45) is 0 Å². The van der Waals surface area contributed by atoms with E-state index in [4.69, 9.17) is 16.3 Å². The van der Waals surface area contributed by atoms with Gasteiger partial charge in [0.05, 0.1) is 10.7 Å². The smallest absolute Gasteiger partial charge is 0.206 e. The lowest BCUT2D eigenvalue weighted by atomic mass is 10.0. The molecule has 3 rings (SSSR count). The fourth-order valence-corrected chi connectivity index (χ4v) is 5.18. The van der Waals surface area contributed by atoms with Gasteiger partial charge in [-0.15, -0.1) is 6.58 Å². The summed E-state index contributed by atoms with van der Waals surface area (Å²) in [6.07, 6.45) is 8.47. The number of fused-ring (bicyclic) bond motifs is 1. The van der Waals surface area contributed by atoms with Crippen LogP contribution in [0.2, 0.25) is 5.02 Å². The number of nitrogens with zero attached hydrogens (tertiary/aromatic N) is 1. The first-order chi connectivity index (χ1) is 13.4. The van der Waals surface area contributed by atoms with Gasteiger partial charge in [0, 0.05) is 17.2 Å². The van der Waals surface area contributed by atoms with Gasteiger partial charge in [-0.05, 0) is 38.2 Å². The highest BCUT2D eigenvalue weighted by Gasteiger charge is 2.26. The minimum atomic E-state index is -0.655. The largest absolute Gasteiger partial charge is 0.494 e. The molecular weight excluding hydrogens is 400 g/mol. The molecule has 0 spiro atoms. The van der Waals surface area contributed by atoms with Gasteiger partial charge < -0.3 is 14.9 Å². The van der Waals surface area contributed by atoms with Crippen LogP contribution in [-0.2, 0) is 6.42 Å². The number of rotatable bonds is 7. The minimum Gasteiger partial charge on any atom is -0.494 e. The third-order valence-electron chi connectivity index (χ3n) is 4.87. The Morgan fingerprint density at radius 3 is 2.79 bits per heavy atom. The van der Waals surface area contributed by atoms with Crippen molar-refractivity contribution >= 4 is 25.6 Å². The predicted molar refractivity (Wildman–Crippen MR) is 114 cm³/mol. The Labute approximate surface area is 170 Å². The quantitative estimate of drug-likeness (QED) is 0.421. The maximum absolute atomic E-state index is 14.7. The Kier molecular flexibility index (Phi) is 6.36. The molecule has 0 radical (unpaired) electrons. The van der Waals surface area contributed by atoms with Gasteiger partial charge in [-0.2, -0.15) is 0 Å². The topological polar surface area (TPSA) is 54.6 Å². The third kappa shape index (κ3) is 3.78. The molecule has 7 heteroatoms. The van der Waals surface area contributed by atoms with Crippen LogP contribution in [0.5, 0.6) is 17.5 Å². The molecule has 1 heterocycles. The number of hydrogen-bond acceptors (Lipinski definition) is 3. The van der Waals surface area contributed by atoms with Crippen LogP contribution >= 0.6 is 19.5 Å². The molecule has 0 saturated heterocycles. The molecule has 150 valence electrons. The molecule has 0 amide bonds. The molecule has 0 aliphatic heterocycles. The number of benzene rings is 1. The number of hydrogen-bond donors (Lipinski definition) is 2. The summed E-state index contributed by atoms with van der Waals surface area (Å²) in [5.41, 5.74) is 1.11. The molecule has 0 bridgehead atoms. The van der Waals surface area contributed by atoms with Crippen molar-refractivity contribution in [2.75, 3.05) is 12.8 Å². The van der Waals surface area contributed by atoms with Gasteiger partial charge in [0.1, 0.15) is 17.4 Å². The normalized spacial score (nSPS) is 15.1. The second-order valence-electron chi connectivity index (χ2n) is 6.76. The molecular formula is C21H24ClFNO3P. The summed E-state index contributed by atoms with van der Waals surface area (Å²) < 4.78 is 21.9. The molecule has 0 fully saturated rings. The van der Waals surface area contributed by atoms with E-state index in [0.29, 0.717) is 23.3 Å². The average Bonchev–Trinajstić information content (AvgIpc) is 2.92. The van der Waals surface area contributed by atoms with E-state index in [9.17, 15) is 14.6 Å². The predicted octanol–water partition coefficient (Wildman–Crippen LogP) is 6.05. The zero-order chi connectivity index (χ0) is 20.4. The molecule has 2 aromatic rings. The molecule has 0 saturated carbocycles. The Balaban J connectivity index is 2.05. The lowest BCUT2D eigenvalue weighted by Gasteiger charge is -2.24. The van der Waals surface area contributed by atoms with E-state index in [0.717, 1.165) is 29.6 Å². The molecule has 28 heavy (non-hydrogen) atoms. The lowest BCUT2D eigenvalue weighted by molar-refractivity contribution is 0.278. The number of allylic oxidation sites excluding steroid dienone is 2. The SMILES string of the molecule is C=CCP(C)C(CC)Oc1cc(-n2c(O)c3c(c2O)CCC=C3)c(F)cc1Cl. The van der Waals surface area contributed by atoms with Crippen molar-refractivity contribution in [3.63, 3.8) is 0 Å². The van der Waals surface area contributed by atoms with Gasteiger partial charge in [0.2, 0.25) is 11.8 Å². The first-order valence-corrected chi connectivity index (χ1v) is 11.6. The fraction of sp³-hybridized carbons (Fsp3) is 0.333. The van der Waals surface area contributed by atoms with Crippen molar-refractivity contribution in [1.29, 1.82) is 0 Å². The summed E-state index contributed by atoms with van der Waals surface area (Å²) in [5, 5.41) is 21.3. The van der Waals surface area contributed by atoms with E-state index in [1.165, 1.54) is 6.07 Å². The van der Waals surface area contributed by atoms with E-state index in [1.54, 1.807) is 6.08 Å². The van der Waals surface area contributed by atoms with Gasteiger partial charge in [-0.1, -0.05) is 44.7 Å². The van der Waals surface area contributed by atoms with Crippen LogP contribution < -0.4 is 4.74 Å². The number of aromatic nitrogens is 1. The van der Waals surface area contributed by atoms with Crippen LogP contribution in [0.25, 0.3) is 11.8 Å².